The molecule has 0 aliphatic carbocycles. The first-order valence-electron chi connectivity index (χ1n) is 2.78. The highest BCUT2D eigenvalue weighted by Crippen LogP contribution is 2.01. The Morgan fingerprint density at radius 3 is 2.75 bits per heavy atom. The van der Waals surface area contributed by atoms with Crippen molar-refractivity contribution >= 4 is 15.9 Å². The number of hydrogen-bond donors (Lipinski definition) is 0. The number of rotatable bonds is 4. The fourth-order valence-electron chi connectivity index (χ4n) is 0.348. The summed E-state index contributed by atoms with van der Waals surface area (Å²) < 4.78 is 5.00. The number of alkyl halides is 1. The molecule has 0 bridgehead atoms. The number of halogens is 1. The van der Waals surface area contributed by atoms with Gasteiger partial charge < -0.3 is 4.74 Å². The van der Waals surface area contributed by atoms with Crippen LogP contribution in [0.4, 0.5) is 0 Å². The standard InChI is InChI=1S/C6H12BrO/c1-3-8-5-4-6(2)7/h6H,1,3-5H2,2H3. The van der Waals surface area contributed by atoms with E-state index >= 15 is 0 Å². The largest absolute Gasteiger partial charge is 0.381 e. The molecular formula is C6H12BrO. The summed E-state index contributed by atoms with van der Waals surface area (Å²) in [5, 5.41) is 0. The zero-order valence-corrected chi connectivity index (χ0v) is 6.78. The third kappa shape index (κ3) is 6.44. The lowest BCUT2D eigenvalue weighted by Gasteiger charge is -2.00. The van der Waals surface area contributed by atoms with Gasteiger partial charge >= 0.3 is 0 Å². The molecule has 2 heteroatoms. The minimum absolute atomic E-state index is 0.564. The Morgan fingerprint density at radius 2 is 2.38 bits per heavy atom. The summed E-state index contributed by atoms with van der Waals surface area (Å²) in [5.74, 6) is 0. The first kappa shape index (κ1) is 8.44. The number of hydrogen-bond acceptors (Lipinski definition) is 1. The zero-order valence-electron chi connectivity index (χ0n) is 5.19. The van der Waals surface area contributed by atoms with E-state index in [1.54, 1.807) is 0 Å². The molecule has 0 aromatic carbocycles. The third-order valence-electron chi connectivity index (χ3n) is 0.804. The maximum absolute atomic E-state index is 5.00. The molecule has 0 N–H and O–H groups in total. The average Bonchev–Trinajstić information content (AvgIpc) is 1.66. The van der Waals surface area contributed by atoms with Crippen molar-refractivity contribution in [2.45, 2.75) is 18.2 Å². The third-order valence-corrected chi connectivity index (χ3v) is 1.26. The van der Waals surface area contributed by atoms with Gasteiger partial charge in [-0.1, -0.05) is 22.9 Å². The minimum atomic E-state index is 0.564. The van der Waals surface area contributed by atoms with Gasteiger partial charge in [0.2, 0.25) is 0 Å². The second kappa shape index (κ2) is 5.57. The molecule has 0 saturated heterocycles. The van der Waals surface area contributed by atoms with Crippen LogP contribution in [-0.4, -0.2) is 18.0 Å². The molecule has 1 nitrogen and oxygen atoms in total. The van der Waals surface area contributed by atoms with Crippen LogP contribution < -0.4 is 0 Å². The molecule has 0 aliphatic rings. The van der Waals surface area contributed by atoms with Crippen molar-refractivity contribution in [1.82, 2.24) is 0 Å². The summed E-state index contributed by atoms with van der Waals surface area (Å²) in [4.78, 5) is 0.564. The van der Waals surface area contributed by atoms with Crippen molar-refractivity contribution in [3.63, 3.8) is 0 Å². The Morgan fingerprint density at radius 1 is 1.75 bits per heavy atom. The molecular weight excluding hydrogens is 168 g/mol. The highest BCUT2D eigenvalue weighted by Gasteiger charge is 1.92. The second-order valence-corrected chi connectivity index (χ2v) is 3.24. The molecule has 0 spiro atoms. The van der Waals surface area contributed by atoms with Crippen LogP contribution in [0.5, 0.6) is 0 Å². The Balaban J connectivity index is 2.72. The molecule has 0 fully saturated rings. The zero-order chi connectivity index (χ0) is 6.41. The lowest BCUT2D eigenvalue weighted by molar-refractivity contribution is 0.159. The maximum atomic E-state index is 5.00. The Kier molecular flexibility index (Phi) is 5.88. The Hall–Kier alpha value is 0.440. The van der Waals surface area contributed by atoms with E-state index in [2.05, 4.69) is 29.8 Å². The number of ether oxygens (including phenoxy) is 1. The Bertz CT molecular complexity index is 45.8. The van der Waals surface area contributed by atoms with Crippen molar-refractivity contribution in [2.75, 3.05) is 13.2 Å². The van der Waals surface area contributed by atoms with Gasteiger partial charge in [-0.05, 0) is 13.3 Å². The van der Waals surface area contributed by atoms with Crippen molar-refractivity contribution < 1.29 is 4.74 Å². The quantitative estimate of drug-likeness (QED) is 0.475. The molecule has 0 aliphatic heterocycles. The predicted octanol–water partition coefficient (Wildman–Crippen LogP) is 2.01. The normalized spacial score (nSPS) is 13.9. The maximum Gasteiger partial charge on any atom is 0.0476 e. The van der Waals surface area contributed by atoms with Crippen LogP contribution in [-0.2, 0) is 4.74 Å². The SMILES string of the molecule is [CH2]COCCC(C)Br. The molecule has 0 rings (SSSR count). The van der Waals surface area contributed by atoms with Crippen molar-refractivity contribution in [1.29, 1.82) is 0 Å². The van der Waals surface area contributed by atoms with E-state index in [-0.39, 0.29) is 0 Å². The summed E-state index contributed by atoms with van der Waals surface area (Å²) in [6.45, 7) is 7.05. The van der Waals surface area contributed by atoms with Gasteiger partial charge in [-0.3, -0.25) is 0 Å². The molecule has 0 saturated carbocycles. The first-order valence-corrected chi connectivity index (χ1v) is 3.70. The van der Waals surface area contributed by atoms with Crippen LogP contribution in [0, 0.1) is 6.92 Å². The molecule has 49 valence electrons. The van der Waals surface area contributed by atoms with Crippen LogP contribution in [0.3, 0.4) is 0 Å². The van der Waals surface area contributed by atoms with E-state index < -0.39 is 0 Å². The van der Waals surface area contributed by atoms with E-state index in [1.807, 2.05) is 0 Å². The molecule has 0 aromatic rings. The molecule has 0 heterocycles. The van der Waals surface area contributed by atoms with Gasteiger partial charge in [0.05, 0.1) is 0 Å². The minimum Gasteiger partial charge on any atom is -0.381 e. The molecule has 8 heavy (non-hydrogen) atoms. The van der Waals surface area contributed by atoms with E-state index in [1.165, 1.54) is 0 Å². The van der Waals surface area contributed by atoms with Crippen LogP contribution >= 0.6 is 15.9 Å². The van der Waals surface area contributed by atoms with Crippen LogP contribution in [0.1, 0.15) is 13.3 Å². The lowest BCUT2D eigenvalue weighted by Crippen LogP contribution is -1.99. The van der Waals surface area contributed by atoms with E-state index in [4.69, 9.17) is 4.74 Å². The van der Waals surface area contributed by atoms with Crippen LogP contribution in [0.15, 0.2) is 0 Å². The van der Waals surface area contributed by atoms with Crippen molar-refractivity contribution in [3.8, 4) is 0 Å². The first-order chi connectivity index (χ1) is 3.77. The van der Waals surface area contributed by atoms with Gasteiger partial charge in [-0.2, -0.15) is 0 Å². The molecule has 1 radical (unpaired) electrons. The summed E-state index contributed by atoms with van der Waals surface area (Å²) in [7, 11) is 0. The average molecular weight is 180 g/mol. The fourth-order valence-corrected chi connectivity index (χ4v) is 0.535. The van der Waals surface area contributed by atoms with Gasteiger partial charge in [-0.15, -0.1) is 0 Å². The van der Waals surface area contributed by atoms with E-state index in [0.29, 0.717) is 11.4 Å². The van der Waals surface area contributed by atoms with Crippen LogP contribution in [0.2, 0.25) is 0 Å². The van der Waals surface area contributed by atoms with Crippen molar-refractivity contribution in [3.05, 3.63) is 6.92 Å². The smallest absolute Gasteiger partial charge is 0.0476 e. The topological polar surface area (TPSA) is 9.23 Å². The summed E-state index contributed by atoms with van der Waals surface area (Å²) >= 11 is 3.40. The van der Waals surface area contributed by atoms with Gasteiger partial charge in [0, 0.05) is 18.0 Å². The van der Waals surface area contributed by atoms with Gasteiger partial charge in [0.1, 0.15) is 0 Å². The Labute approximate surface area is 59.5 Å². The van der Waals surface area contributed by atoms with E-state index in [0.717, 1.165) is 13.0 Å². The summed E-state index contributed by atoms with van der Waals surface area (Å²) in [6, 6.07) is 0. The lowest BCUT2D eigenvalue weighted by atomic mass is 10.4. The van der Waals surface area contributed by atoms with E-state index in [9.17, 15) is 0 Å². The van der Waals surface area contributed by atoms with Crippen molar-refractivity contribution in [2.24, 2.45) is 0 Å². The highest BCUT2D eigenvalue weighted by atomic mass is 79.9. The second-order valence-electron chi connectivity index (χ2n) is 1.68. The van der Waals surface area contributed by atoms with Gasteiger partial charge in [0.15, 0.2) is 0 Å². The van der Waals surface area contributed by atoms with Crippen LogP contribution in [0.25, 0.3) is 0 Å². The fraction of sp³-hybridized carbons (Fsp3) is 0.833. The van der Waals surface area contributed by atoms with Gasteiger partial charge in [-0.25, -0.2) is 0 Å². The summed E-state index contributed by atoms with van der Waals surface area (Å²) in [5.41, 5.74) is 0. The monoisotopic (exact) mass is 179 g/mol. The molecule has 0 aromatic heterocycles. The van der Waals surface area contributed by atoms with Gasteiger partial charge in [0.25, 0.3) is 0 Å². The molecule has 1 unspecified atom stereocenters. The predicted molar refractivity (Wildman–Crippen MR) is 39.2 cm³/mol. The summed E-state index contributed by atoms with van der Waals surface area (Å²) in [6.07, 6.45) is 1.06. The molecule has 1 atom stereocenters. The highest BCUT2D eigenvalue weighted by molar-refractivity contribution is 9.09. The molecule has 0 amide bonds.